The molecule has 0 unspecified atom stereocenters. The van der Waals surface area contributed by atoms with Crippen molar-refractivity contribution in [2.45, 2.75) is 5.25 Å². The van der Waals surface area contributed by atoms with Crippen LogP contribution in [-0.2, 0) is 9.53 Å². The number of carboxylic acid groups (broad SMARTS) is 1. The van der Waals surface area contributed by atoms with Gasteiger partial charge in [-0.15, -0.1) is 0 Å². The van der Waals surface area contributed by atoms with Crippen molar-refractivity contribution in [3.8, 4) is 0 Å². The number of carboxylic acids is 1. The van der Waals surface area contributed by atoms with E-state index < -0.39 is 11.8 Å². The van der Waals surface area contributed by atoms with Crippen LogP contribution in [0.3, 0.4) is 0 Å². The maximum absolute atomic E-state index is 12.9. The molecule has 0 saturated heterocycles. The second kappa shape index (κ2) is 6.27. The molecule has 102 valence electrons. The van der Waals surface area contributed by atoms with Crippen LogP contribution in [0.15, 0.2) is 29.8 Å². The van der Waals surface area contributed by atoms with Crippen molar-refractivity contribution < 1.29 is 19.0 Å². The molecule has 2 N–H and O–H groups in total. The van der Waals surface area contributed by atoms with E-state index in [1.165, 1.54) is 36.2 Å². The van der Waals surface area contributed by atoms with Crippen molar-refractivity contribution in [1.82, 2.24) is 0 Å². The molecule has 0 aliphatic carbocycles. The number of rotatable bonds is 4. The molecule has 0 radical (unpaired) electrons. The van der Waals surface area contributed by atoms with Crippen LogP contribution in [0.2, 0.25) is 5.02 Å². The summed E-state index contributed by atoms with van der Waals surface area (Å²) in [6.45, 7) is 0.602. The fraction of sp³-hybridized carbons (Fsp3) is 0.250. The molecule has 0 aromatic heterocycles. The Hall–Kier alpha value is -1.24. The predicted octanol–water partition coefficient (Wildman–Crippen LogP) is 2.95. The highest BCUT2D eigenvalue weighted by molar-refractivity contribution is 8.01. The number of anilines is 1. The van der Waals surface area contributed by atoms with Crippen LogP contribution < -0.4 is 4.72 Å². The lowest BCUT2D eigenvalue weighted by Crippen LogP contribution is -2.26. The zero-order valence-corrected chi connectivity index (χ0v) is 11.3. The molecular weight excluding hydrogens is 293 g/mol. The second-order valence-corrected chi connectivity index (χ2v) is 5.25. The Kier molecular flexibility index (Phi) is 4.68. The van der Waals surface area contributed by atoms with Gasteiger partial charge in [0.2, 0.25) is 0 Å². The number of aliphatic carboxylic acids is 1. The Bertz CT molecular complexity index is 524. The molecule has 2 rings (SSSR count). The lowest BCUT2D eigenvalue weighted by molar-refractivity contribution is -0.133. The van der Waals surface area contributed by atoms with Crippen LogP contribution in [0.25, 0.3) is 0 Å². The Balaban J connectivity index is 2.03. The summed E-state index contributed by atoms with van der Waals surface area (Å²) in [7, 11) is 0. The molecule has 0 bridgehead atoms. The third kappa shape index (κ3) is 3.62. The van der Waals surface area contributed by atoms with Crippen LogP contribution in [0.1, 0.15) is 0 Å². The first-order valence-electron chi connectivity index (χ1n) is 5.45. The van der Waals surface area contributed by atoms with E-state index in [9.17, 15) is 9.18 Å². The summed E-state index contributed by atoms with van der Waals surface area (Å²) >= 11 is 7.04. The van der Waals surface area contributed by atoms with Gasteiger partial charge in [0.15, 0.2) is 0 Å². The van der Waals surface area contributed by atoms with E-state index in [1.807, 2.05) is 0 Å². The van der Waals surface area contributed by atoms with Crippen molar-refractivity contribution in [3.05, 3.63) is 40.7 Å². The van der Waals surface area contributed by atoms with Crippen molar-refractivity contribution in [2.24, 2.45) is 0 Å². The van der Waals surface area contributed by atoms with Crippen molar-refractivity contribution in [3.63, 3.8) is 0 Å². The normalized spacial score (nSPS) is 18.8. The maximum atomic E-state index is 12.9. The van der Waals surface area contributed by atoms with Gasteiger partial charge in [-0.05, 0) is 36.2 Å². The summed E-state index contributed by atoms with van der Waals surface area (Å²) in [6.07, 6.45) is 1.54. The minimum absolute atomic E-state index is 0.241. The molecule has 19 heavy (non-hydrogen) atoms. The monoisotopic (exact) mass is 303 g/mol. The van der Waals surface area contributed by atoms with Crippen LogP contribution in [0.4, 0.5) is 10.1 Å². The SMILES string of the molecule is O=C(O)C1=CCOC[C@H]1SNc1ccc(F)cc1Cl. The Morgan fingerprint density at radius 2 is 2.37 bits per heavy atom. The van der Waals surface area contributed by atoms with Crippen LogP contribution in [-0.4, -0.2) is 29.5 Å². The number of nitrogens with one attached hydrogen (secondary N) is 1. The molecule has 0 spiro atoms. The summed E-state index contributed by atoms with van der Waals surface area (Å²) in [6, 6.07) is 3.97. The molecule has 1 aliphatic rings. The molecule has 0 amide bonds. The number of hydrogen-bond acceptors (Lipinski definition) is 4. The zero-order valence-electron chi connectivity index (χ0n) is 9.73. The van der Waals surface area contributed by atoms with Crippen LogP contribution in [0.5, 0.6) is 0 Å². The van der Waals surface area contributed by atoms with E-state index in [0.29, 0.717) is 24.5 Å². The highest BCUT2D eigenvalue weighted by Crippen LogP contribution is 2.29. The minimum atomic E-state index is -0.965. The first kappa shape index (κ1) is 14.2. The minimum Gasteiger partial charge on any atom is -0.478 e. The molecule has 1 aliphatic heterocycles. The van der Waals surface area contributed by atoms with Crippen molar-refractivity contribution in [1.29, 1.82) is 0 Å². The number of benzene rings is 1. The predicted molar refractivity (Wildman–Crippen MR) is 72.9 cm³/mol. The lowest BCUT2D eigenvalue weighted by atomic mass is 10.1. The van der Waals surface area contributed by atoms with Gasteiger partial charge < -0.3 is 14.6 Å². The van der Waals surface area contributed by atoms with Crippen LogP contribution >= 0.6 is 23.5 Å². The highest BCUT2D eigenvalue weighted by atomic mass is 35.5. The molecule has 0 saturated carbocycles. The average Bonchev–Trinajstić information content (AvgIpc) is 2.38. The maximum Gasteiger partial charge on any atom is 0.332 e. The Morgan fingerprint density at radius 3 is 3.05 bits per heavy atom. The topological polar surface area (TPSA) is 58.6 Å². The fourth-order valence-electron chi connectivity index (χ4n) is 1.57. The number of ether oxygens (including phenoxy) is 1. The van der Waals surface area contributed by atoms with Gasteiger partial charge in [0.05, 0.1) is 34.7 Å². The van der Waals surface area contributed by atoms with Gasteiger partial charge in [0, 0.05) is 0 Å². The molecular formula is C12H11ClFNO3S. The van der Waals surface area contributed by atoms with Crippen molar-refractivity contribution in [2.75, 3.05) is 17.9 Å². The smallest absolute Gasteiger partial charge is 0.332 e. The largest absolute Gasteiger partial charge is 0.478 e. The summed E-state index contributed by atoms with van der Waals surface area (Å²) in [5, 5.41) is 8.96. The van der Waals surface area contributed by atoms with Gasteiger partial charge in [-0.1, -0.05) is 11.6 Å². The molecule has 1 atom stereocenters. The molecule has 4 nitrogen and oxygen atoms in total. The van der Waals surface area contributed by atoms with Gasteiger partial charge in [-0.2, -0.15) is 0 Å². The summed E-state index contributed by atoms with van der Waals surface area (Å²) in [5.41, 5.74) is 0.824. The highest BCUT2D eigenvalue weighted by Gasteiger charge is 2.24. The second-order valence-electron chi connectivity index (χ2n) is 3.83. The van der Waals surface area contributed by atoms with Gasteiger partial charge in [-0.25, -0.2) is 9.18 Å². The zero-order chi connectivity index (χ0) is 13.8. The summed E-state index contributed by atoms with van der Waals surface area (Å²) in [4.78, 5) is 11.0. The van der Waals surface area contributed by atoms with E-state index in [4.69, 9.17) is 21.4 Å². The van der Waals surface area contributed by atoms with E-state index >= 15 is 0 Å². The fourth-order valence-corrected chi connectivity index (χ4v) is 2.78. The van der Waals surface area contributed by atoms with Gasteiger partial charge in [-0.3, -0.25) is 0 Å². The molecule has 1 heterocycles. The molecule has 1 aromatic rings. The standard InChI is InChI=1S/C12H11ClFNO3S/c13-9-5-7(14)1-2-10(9)15-19-11-6-18-4-3-8(11)12(16)17/h1-3,5,11,15H,4,6H2,(H,16,17)/t11-/m1/s1. The first-order chi connectivity index (χ1) is 9.08. The number of halogens is 2. The van der Waals surface area contributed by atoms with Gasteiger partial charge in [0.1, 0.15) is 5.82 Å². The van der Waals surface area contributed by atoms with E-state index in [2.05, 4.69) is 4.72 Å². The quantitative estimate of drug-likeness (QED) is 0.838. The summed E-state index contributed by atoms with van der Waals surface area (Å²) in [5.74, 6) is -1.39. The third-order valence-corrected chi connectivity index (χ3v) is 3.85. The Morgan fingerprint density at radius 1 is 1.58 bits per heavy atom. The molecule has 7 heteroatoms. The number of hydrogen-bond donors (Lipinski definition) is 2. The van der Waals surface area contributed by atoms with Crippen molar-refractivity contribution >= 4 is 35.2 Å². The van der Waals surface area contributed by atoms with E-state index in [1.54, 1.807) is 0 Å². The van der Waals surface area contributed by atoms with E-state index in [0.717, 1.165) is 0 Å². The van der Waals surface area contributed by atoms with Crippen LogP contribution in [0, 0.1) is 5.82 Å². The summed E-state index contributed by atoms with van der Waals surface area (Å²) < 4.78 is 21.0. The van der Waals surface area contributed by atoms with E-state index in [-0.39, 0.29) is 10.3 Å². The number of carbonyl (C=O) groups is 1. The molecule has 0 fully saturated rings. The lowest BCUT2D eigenvalue weighted by Gasteiger charge is -2.21. The average molecular weight is 304 g/mol. The first-order valence-corrected chi connectivity index (χ1v) is 6.71. The molecule has 1 aromatic carbocycles. The van der Waals surface area contributed by atoms with Gasteiger partial charge >= 0.3 is 5.97 Å². The van der Waals surface area contributed by atoms with Gasteiger partial charge in [0.25, 0.3) is 0 Å². The Labute approximate surface area is 118 Å². The third-order valence-electron chi connectivity index (χ3n) is 2.53.